The molecular formula is C24H25N5O2S2. The maximum atomic E-state index is 12.6. The first-order chi connectivity index (χ1) is 16.1. The number of nitrogens with one attached hydrogen (secondary N) is 2. The van der Waals surface area contributed by atoms with Crippen molar-refractivity contribution in [3.8, 4) is 5.69 Å². The minimum atomic E-state index is -0.0420. The molecule has 0 saturated heterocycles. The maximum Gasteiger partial charge on any atom is 0.259 e. The van der Waals surface area contributed by atoms with E-state index in [1.54, 1.807) is 29.3 Å². The summed E-state index contributed by atoms with van der Waals surface area (Å²) >= 11 is 3.26. The Kier molecular flexibility index (Phi) is 6.32. The van der Waals surface area contributed by atoms with E-state index in [2.05, 4.69) is 15.4 Å². The largest absolute Gasteiger partial charge is 0.326 e. The van der Waals surface area contributed by atoms with Crippen molar-refractivity contribution in [3.05, 3.63) is 68.8 Å². The van der Waals surface area contributed by atoms with Crippen LogP contribution >= 0.6 is 23.1 Å². The quantitative estimate of drug-likeness (QED) is 0.377. The fraction of sp³-hybridized carbons (Fsp3) is 0.333. The van der Waals surface area contributed by atoms with Gasteiger partial charge in [0.15, 0.2) is 0 Å². The number of carbonyl (C=O) groups excluding carboxylic acids is 1. The number of anilines is 1. The second kappa shape index (κ2) is 9.52. The highest BCUT2D eigenvalue weighted by atomic mass is 32.2. The summed E-state index contributed by atoms with van der Waals surface area (Å²) in [6.07, 6.45) is 6.51. The number of benzene rings is 1. The molecule has 5 rings (SSSR count). The Morgan fingerprint density at radius 3 is 3.00 bits per heavy atom. The van der Waals surface area contributed by atoms with E-state index in [1.807, 2.05) is 41.9 Å². The Morgan fingerprint density at radius 1 is 1.27 bits per heavy atom. The first kappa shape index (κ1) is 21.9. The number of H-pyrrole nitrogens is 1. The Morgan fingerprint density at radius 2 is 2.15 bits per heavy atom. The number of aryl methyl sites for hydroxylation is 3. The molecule has 7 nitrogen and oxygen atoms in total. The molecule has 1 aromatic carbocycles. The van der Waals surface area contributed by atoms with E-state index in [4.69, 9.17) is 4.98 Å². The summed E-state index contributed by atoms with van der Waals surface area (Å²) in [6, 6.07) is 9.59. The first-order valence-corrected chi connectivity index (χ1v) is 13.1. The SMILES string of the molecule is Cc1ccnn1-c1cccc(NC(=O)CCSCc2nc3sc4c(c3c(=O)[nH]2)CCCC4)c1. The number of hydrogen-bond acceptors (Lipinski definition) is 6. The molecule has 0 bridgehead atoms. The lowest BCUT2D eigenvalue weighted by Gasteiger charge is -2.09. The van der Waals surface area contributed by atoms with Crippen molar-refractivity contribution in [2.75, 3.05) is 11.1 Å². The van der Waals surface area contributed by atoms with Crippen LogP contribution in [-0.4, -0.2) is 31.4 Å². The van der Waals surface area contributed by atoms with Crippen molar-refractivity contribution < 1.29 is 4.79 Å². The summed E-state index contributed by atoms with van der Waals surface area (Å²) in [6.45, 7) is 1.99. The number of rotatable bonds is 7. The molecule has 3 heterocycles. The van der Waals surface area contributed by atoms with Gasteiger partial charge in [-0.3, -0.25) is 9.59 Å². The van der Waals surface area contributed by atoms with E-state index in [0.717, 1.165) is 46.5 Å². The van der Waals surface area contributed by atoms with Gasteiger partial charge < -0.3 is 10.3 Å². The van der Waals surface area contributed by atoms with E-state index in [0.29, 0.717) is 23.8 Å². The van der Waals surface area contributed by atoms with Gasteiger partial charge in [0.25, 0.3) is 5.56 Å². The van der Waals surface area contributed by atoms with E-state index < -0.39 is 0 Å². The van der Waals surface area contributed by atoms with Gasteiger partial charge in [-0.05, 0) is 62.4 Å². The van der Waals surface area contributed by atoms with Crippen LogP contribution in [0.2, 0.25) is 0 Å². The van der Waals surface area contributed by atoms with Crippen LogP contribution in [0.4, 0.5) is 5.69 Å². The number of nitrogens with zero attached hydrogens (tertiary/aromatic N) is 3. The van der Waals surface area contributed by atoms with Crippen LogP contribution in [0, 0.1) is 6.92 Å². The van der Waals surface area contributed by atoms with E-state index in [-0.39, 0.29) is 11.5 Å². The summed E-state index contributed by atoms with van der Waals surface area (Å²) < 4.78 is 1.83. The molecule has 0 atom stereocenters. The molecular weight excluding hydrogens is 454 g/mol. The lowest BCUT2D eigenvalue weighted by molar-refractivity contribution is -0.115. The Balaban J connectivity index is 1.16. The Bertz CT molecular complexity index is 1370. The summed E-state index contributed by atoms with van der Waals surface area (Å²) in [5, 5.41) is 8.06. The molecule has 33 heavy (non-hydrogen) atoms. The highest BCUT2D eigenvalue weighted by molar-refractivity contribution is 7.98. The molecule has 0 aliphatic heterocycles. The molecule has 1 amide bonds. The predicted molar refractivity (Wildman–Crippen MR) is 135 cm³/mol. The number of carbonyl (C=O) groups is 1. The predicted octanol–water partition coefficient (Wildman–Crippen LogP) is 4.62. The molecule has 9 heteroatoms. The monoisotopic (exact) mass is 479 g/mol. The molecule has 0 fully saturated rings. The minimum absolute atomic E-state index is 0.0277. The third kappa shape index (κ3) is 4.74. The molecule has 170 valence electrons. The molecule has 0 saturated carbocycles. The number of thiophene rings is 1. The van der Waals surface area contributed by atoms with E-state index >= 15 is 0 Å². The summed E-state index contributed by atoms with van der Waals surface area (Å²) in [7, 11) is 0. The van der Waals surface area contributed by atoms with Crippen LogP contribution in [-0.2, 0) is 23.4 Å². The van der Waals surface area contributed by atoms with Crippen molar-refractivity contribution in [2.24, 2.45) is 0 Å². The Hall–Kier alpha value is -2.91. The van der Waals surface area contributed by atoms with Crippen LogP contribution < -0.4 is 10.9 Å². The first-order valence-electron chi connectivity index (χ1n) is 11.1. The van der Waals surface area contributed by atoms with E-state index in [1.165, 1.54) is 16.9 Å². The molecule has 1 aliphatic rings. The fourth-order valence-electron chi connectivity index (χ4n) is 4.19. The van der Waals surface area contributed by atoms with Gasteiger partial charge >= 0.3 is 0 Å². The summed E-state index contributed by atoms with van der Waals surface area (Å²) in [4.78, 5) is 34.9. The summed E-state index contributed by atoms with van der Waals surface area (Å²) in [5.41, 5.74) is 3.86. The Labute approximate surface area is 199 Å². The third-order valence-corrected chi connectivity index (χ3v) is 7.95. The third-order valence-electron chi connectivity index (χ3n) is 5.79. The summed E-state index contributed by atoms with van der Waals surface area (Å²) in [5.74, 6) is 1.86. The van der Waals surface area contributed by atoms with Gasteiger partial charge in [-0.2, -0.15) is 16.9 Å². The van der Waals surface area contributed by atoms with Crippen LogP contribution in [0.5, 0.6) is 0 Å². The van der Waals surface area contributed by atoms with Crippen molar-refractivity contribution >= 4 is 44.9 Å². The van der Waals surface area contributed by atoms with Gasteiger partial charge in [-0.1, -0.05) is 6.07 Å². The topological polar surface area (TPSA) is 92.7 Å². The number of aromatic nitrogens is 4. The smallest absolute Gasteiger partial charge is 0.259 e. The normalized spacial score (nSPS) is 13.2. The lowest BCUT2D eigenvalue weighted by atomic mass is 9.97. The number of amides is 1. The average molecular weight is 480 g/mol. The number of aromatic amines is 1. The fourth-order valence-corrected chi connectivity index (χ4v) is 6.27. The highest BCUT2D eigenvalue weighted by Gasteiger charge is 2.19. The van der Waals surface area contributed by atoms with Gasteiger partial charge in [0.05, 0.1) is 16.8 Å². The molecule has 0 unspecified atom stereocenters. The van der Waals surface area contributed by atoms with Crippen molar-refractivity contribution in [2.45, 2.75) is 44.8 Å². The molecule has 4 aromatic rings. The van der Waals surface area contributed by atoms with Crippen LogP contribution in [0.1, 0.15) is 41.2 Å². The minimum Gasteiger partial charge on any atom is -0.326 e. The van der Waals surface area contributed by atoms with Gasteiger partial charge in [0.1, 0.15) is 10.7 Å². The zero-order chi connectivity index (χ0) is 22.8. The van der Waals surface area contributed by atoms with Gasteiger partial charge in [0.2, 0.25) is 5.91 Å². The molecule has 2 N–H and O–H groups in total. The maximum absolute atomic E-state index is 12.6. The number of hydrogen-bond donors (Lipinski definition) is 2. The van der Waals surface area contributed by atoms with Crippen molar-refractivity contribution in [3.63, 3.8) is 0 Å². The van der Waals surface area contributed by atoms with Crippen LogP contribution in [0.15, 0.2) is 41.3 Å². The standard InChI is InChI=1S/C24H25N5O2S2/c1-15-9-11-25-29(15)17-6-4-5-16(13-17)26-21(30)10-12-32-14-20-27-23(31)22-18-7-2-3-8-19(18)33-24(22)28-20/h4-6,9,11,13H,2-3,7-8,10,12,14H2,1H3,(H,26,30)(H,27,28,31). The molecule has 0 radical (unpaired) electrons. The lowest BCUT2D eigenvalue weighted by Crippen LogP contribution is -2.14. The second-order valence-corrected chi connectivity index (χ2v) is 10.4. The van der Waals surface area contributed by atoms with Crippen molar-refractivity contribution in [1.29, 1.82) is 0 Å². The zero-order valence-electron chi connectivity index (χ0n) is 18.4. The van der Waals surface area contributed by atoms with Crippen LogP contribution in [0.3, 0.4) is 0 Å². The molecule has 3 aromatic heterocycles. The molecule has 0 spiro atoms. The van der Waals surface area contributed by atoms with Crippen molar-refractivity contribution in [1.82, 2.24) is 19.7 Å². The van der Waals surface area contributed by atoms with Gasteiger partial charge in [0, 0.05) is 34.6 Å². The number of thioether (sulfide) groups is 1. The molecule has 1 aliphatic carbocycles. The van der Waals surface area contributed by atoms with E-state index in [9.17, 15) is 9.59 Å². The van der Waals surface area contributed by atoms with Gasteiger partial charge in [-0.25, -0.2) is 9.67 Å². The van der Waals surface area contributed by atoms with Crippen LogP contribution in [0.25, 0.3) is 15.9 Å². The zero-order valence-corrected chi connectivity index (χ0v) is 20.0. The highest BCUT2D eigenvalue weighted by Crippen LogP contribution is 2.33. The number of fused-ring (bicyclic) bond motifs is 3. The van der Waals surface area contributed by atoms with Gasteiger partial charge in [-0.15, -0.1) is 11.3 Å². The average Bonchev–Trinajstić information content (AvgIpc) is 3.40. The second-order valence-electron chi connectivity index (χ2n) is 8.19.